The third-order valence-corrected chi connectivity index (χ3v) is 4.89. The van der Waals surface area contributed by atoms with Gasteiger partial charge in [-0.25, -0.2) is 0 Å². The van der Waals surface area contributed by atoms with Crippen LogP contribution in [0.1, 0.15) is 52.2 Å². The van der Waals surface area contributed by atoms with E-state index < -0.39 is 5.66 Å². The molecule has 2 rings (SSSR count). The molecule has 4 N–H and O–H groups in total. The molecule has 2 heteroatoms. The summed E-state index contributed by atoms with van der Waals surface area (Å²) >= 11 is 0. The maximum Gasteiger partial charge on any atom is 0.0952 e. The lowest BCUT2D eigenvalue weighted by Crippen LogP contribution is -2.63. The SMILES string of the molecule is C.CCC1(CC)C=C(c2cccc(C)c2)C=C(C)C1(N)N. The van der Waals surface area contributed by atoms with Gasteiger partial charge in [-0.1, -0.05) is 63.3 Å². The molecule has 0 saturated carbocycles. The van der Waals surface area contributed by atoms with E-state index in [0.717, 1.165) is 18.4 Å². The van der Waals surface area contributed by atoms with Crippen LogP contribution in [0, 0.1) is 12.3 Å². The van der Waals surface area contributed by atoms with Crippen LogP contribution in [0.5, 0.6) is 0 Å². The standard InChI is InChI=1S/C18H26N2.CH4/c1-5-17(6-2)12-16(11-14(4)18(17,19)20)15-9-7-8-13(3)10-15;/h7-12H,5-6,19-20H2,1-4H3;1H4. The van der Waals surface area contributed by atoms with E-state index in [2.05, 4.69) is 57.2 Å². The summed E-state index contributed by atoms with van der Waals surface area (Å²) in [6, 6.07) is 8.58. The molecule has 0 heterocycles. The normalized spacial score (nSPS) is 19.3. The van der Waals surface area contributed by atoms with Crippen molar-refractivity contribution in [2.75, 3.05) is 0 Å². The smallest absolute Gasteiger partial charge is 0.0952 e. The molecule has 1 aliphatic rings. The Kier molecular flexibility index (Phi) is 5.19. The van der Waals surface area contributed by atoms with Gasteiger partial charge >= 0.3 is 0 Å². The summed E-state index contributed by atoms with van der Waals surface area (Å²) in [7, 11) is 0. The molecule has 0 aromatic heterocycles. The molecule has 0 saturated heterocycles. The van der Waals surface area contributed by atoms with Crippen LogP contribution >= 0.6 is 0 Å². The molecule has 1 aromatic rings. The van der Waals surface area contributed by atoms with Crippen molar-refractivity contribution in [3.05, 3.63) is 53.1 Å². The minimum Gasteiger partial charge on any atom is -0.309 e. The first-order valence-electron chi connectivity index (χ1n) is 7.42. The van der Waals surface area contributed by atoms with E-state index in [1.54, 1.807) is 0 Å². The highest BCUT2D eigenvalue weighted by Gasteiger charge is 2.45. The number of aryl methyl sites for hydroxylation is 1. The third kappa shape index (κ3) is 2.83. The molecule has 0 fully saturated rings. The summed E-state index contributed by atoms with van der Waals surface area (Å²) in [4.78, 5) is 0. The van der Waals surface area contributed by atoms with E-state index in [1.807, 2.05) is 6.92 Å². The van der Waals surface area contributed by atoms with E-state index in [9.17, 15) is 0 Å². The maximum absolute atomic E-state index is 6.46. The summed E-state index contributed by atoms with van der Waals surface area (Å²) in [6.07, 6.45) is 6.31. The number of benzene rings is 1. The van der Waals surface area contributed by atoms with Gasteiger partial charge in [0.1, 0.15) is 0 Å². The molecular weight excluding hydrogens is 256 g/mol. The highest BCUT2D eigenvalue weighted by atomic mass is 15.0. The van der Waals surface area contributed by atoms with Crippen LogP contribution in [0.2, 0.25) is 0 Å². The van der Waals surface area contributed by atoms with Crippen LogP contribution in [-0.2, 0) is 0 Å². The summed E-state index contributed by atoms with van der Waals surface area (Å²) in [5.41, 5.74) is 16.8. The van der Waals surface area contributed by atoms with Crippen molar-refractivity contribution in [3.8, 4) is 0 Å². The highest BCUT2D eigenvalue weighted by molar-refractivity contribution is 5.78. The fourth-order valence-electron chi connectivity index (χ4n) is 3.23. The summed E-state index contributed by atoms with van der Waals surface area (Å²) in [5, 5.41) is 0. The molecule has 0 radical (unpaired) electrons. The maximum atomic E-state index is 6.46. The Balaban J connectivity index is 0.00000220. The quantitative estimate of drug-likeness (QED) is 0.809. The van der Waals surface area contributed by atoms with E-state index >= 15 is 0 Å². The molecule has 2 nitrogen and oxygen atoms in total. The molecule has 116 valence electrons. The third-order valence-electron chi connectivity index (χ3n) is 4.89. The van der Waals surface area contributed by atoms with Gasteiger partial charge in [0.2, 0.25) is 0 Å². The zero-order chi connectivity index (χ0) is 15.0. The summed E-state index contributed by atoms with van der Waals surface area (Å²) in [5.74, 6) is 0. The number of nitrogens with two attached hydrogens (primary N) is 2. The fraction of sp³-hybridized carbons (Fsp3) is 0.474. The van der Waals surface area contributed by atoms with Gasteiger partial charge in [-0.15, -0.1) is 0 Å². The Morgan fingerprint density at radius 3 is 2.19 bits per heavy atom. The minimum absolute atomic E-state index is 0. The van der Waals surface area contributed by atoms with Crippen LogP contribution in [0.15, 0.2) is 42.0 Å². The highest BCUT2D eigenvalue weighted by Crippen LogP contribution is 2.45. The van der Waals surface area contributed by atoms with Gasteiger partial charge in [0.05, 0.1) is 5.66 Å². The Hall–Kier alpha value is -1.38. The van der Waals surface area contributed by atoms with E-state index in [4.69, 9.17) is 11.5 Å². The van der Waals surface area contributed by atoms with Crippen LogP contribution < -0.4 is 11.5 Å². The lowest BCUT2D eigenvalue weighted by molar-refractivity contribution is 0.201. The average Bonchev–Trinajstić information content (AvgIpc) is 2.42. The van der Waals surface area contributed by atoms with Gasteiger partial charge in [-0.3, -0.25) is 0 Å². The molecule has 1 aromatic carbocycles. The van der Waals surface area contributed by atoms with Crippen LogP contribution in [-0.4, -0.2) is 5.66 Å². The van der Waals surface area contributed by atoms with Gasteiger partial charge < -0.3 is 11.5 Å². The average molecular weight is 286 g/mol. The zero-order valence-electron chi connectivity index (χ0n) is 13.0. The van der Waals surface area contributed by atoms with Crippen molar-refractivity contribution in [2.24, 2.45) is 16.9 Å². The van der Waals surface area contributed by atoms with Crippen LogP contribution in [0.4, 0.5) is 0 Å². The predicted molar refractivity (Wildman–Crippen MR) is 93.8 cm³/mol. The molecular formula is C19H30N2. The predicted octanol–water partition coefficient (Wildman–Crippen LogP) is 4.39. The van der Waals surface area contributed by atoms with E-state index in [0.29, 0.717) is 0 Å². The molecule has 0 atom stereocenters. The molecule has 21 heavy (non-hydrogen) atoms. The number of rotatable bonds is 3. The van der Waals surface area contributed by atoms with Crippen molar-refractivity contribution >= 4 is 5.57 Å². The van der Waals surface area contributed by atoms with Crippen molar-refractivity contribution in [3.63, 3.8) is 0 Å². The Morgan fingerprint density at radius 1 is 1.05 bits per heavy atom. The number of hydrogen-bond acceptors (Lipinski definition) is 2. The van der Waals surface area contributed by atoms with Crippen molar-refractivity contribution in [1.29, 1.82) is 0 Å². The molecule has 1 aliphatic carbocycles. The second-order valence-electron chi connectivity index (χ2n) is 6.03. The lowest BCUT2D eigenvalue weighted by Gasteiger charge is -2.47. The second kappa shape index (κ2) is 6.17. The Bertz CT molecular complexity index is 561. The van der Waals surface area contributed by atoms with Gasteiger partial charge in [0.25, 0.3) is 0 Å². The largest absolute Gasteiger partial charge is 0.309 e. The molecule has 0 aliphatic heterocycles. The monoisotopic (exact) mass is 286 g/mol. The number of hydrogen-bond donors (Lipinski definition) is 2. The first-order valence-corrected chi connectivity index (χ1v) is 7.42. The Labute approximate surface area is 129 Å². The van der Waals surface area contributed by atoms with Crippen molar-refractivity contribution < 1.29 is 0 Å². The minimum atomic E-state index is -0.760. The van der Waals surface area contributed by atoms with Gasteiger partial charge in [0.15, 0.2) is 0 Å². The first kappa shape index (κ1) is 17.7. The topological polar surface area (TPSA) is 52.0 Å². The van der Waals surface area contributed by atoms with Crippen molar-refractivity contribution in [1.82, 2.24) is 0 Å². The molecule has 0 spiro atoms. The van der Waals surface area contributed by atoms with Gasteiger partial charge in [-0.05, 0) is 43.4 Å². The molecule has 0 unspecified atom stereocenters. The van der Waals surface area contributed by atoms with Crippen molar-refractivity contribution in [2.45, 2.75) is 53.6 Å². The summed E-state index contributed by atoms with van der Waals surface area (Å²) in [6.45, 7) is 8.50. The number of allylic oxidation sites excluding steroid dienone is 2. The molecule has 0 bridgehead atoms. The first-order chi connectivity index (χ1) is 9.36. The van der Waals surface area contributed by atoms with Gasteiger partial charge in [-0.2, -0.15) is 0 Å². The van der Waals surface area contributed by atoms with Crippen LogP contribution in [0.3, 0.4) is 0 Å². The van der Waals surface area contributed by atoms with Crippen LogP contribution in [0.25, 0.3) is 5.57 Å². The van der Waals surface area contributed by atoms with E-state index in [-0.39, 0.29) is 12.8 Å². The fourth-order valence-corrected chi connectivity index (χ4v) is 3.23. The lowest BCUT2D eigenvalue weighted by atomic mass is 9.64. The summed E-state index contributed by atoms with van der Waals surface area (Å²) < 4.78 is 0. The van der Waals surface area contributed by atoms with Gasteiger partial charge in [0, 0.05) is 5.41 Å². The van der Waals surface area contributed by atoms with E-state index in [1.165, 1.54) is 16.7 Å². The molecule has 0 amide bonds. The zero-order valence-corrected chi connectivity index (χ0v) is 13.0. The second-order valence-corrected chi connectivity index (χ2v) is 6.03. The Morgan fingerprint density at radius 2 is 1.67 bits per heavy atom.